The highest BCUT2D eigenvalue weighted by atomic mass is 16.4. The second kappa shape index (κ2) is 5.66. The van der Waals surface area contributed by atoms with E-state index in [1.54, 1.807) is 5.01 Å². The van der Waals surface area contributed by atoms with Crippen LogP contribution in [-0.4, -0.2) is 58.0 Å². The van der Waals surface area contributed by atoms with E-state index in [-0.39, 0.29) is 6.54 Å². The Balaban J connectivity index is 2.59. The van der Waals surface area contributed by atoms with E-state index in [0.717, 1.165) is 24.3 Å². The van der Waals surface area contributed by atoms with Crippen LogP contribution in [-0.2, 0) is 4.79 Å². The molecular formula is C9H17N3O4. The third kappa shape index (κ3) is 3.35. The summed E-state index contributed by atoms with van der Waals surface area (Å²) in [6.07, 6.45) is 1.77. The van der Waals surface area contributed by atoms with Crippen molar-refractivity contribution in [1.29, 1.82) is 0 Å². The summed E-state index contributed by atoms with van der Waals surface area (Å²) in [5.41, 5.74) is 5.33. The molecule has 92 valence electrons. The molecule has 7 heteroatoms. The topological polar surface area (TPSA) is 107 Å². The molecule has 0 aromatic carbocycles. The third-order valence-corrected chi connectivity index (χ3v) is 2.58. The SMILES string of the molecule is N[C@@H](CN(C(=O)O)N1CCCCC1)C(=O)O. The van der Waals surface area contributed by atoms with Gasteiger partial charge in [-0.1, -0.05) is 6.42 Å². The molecule has 0 radical (unpaired) electrons. The first-order valence-electron chi connectivity index (χ1n) is 5.26. The number of aliphatic carboxylic acids is 1. The van der Waals surface area contributed by atoms with Crippen molar-refractivity contribution in [2.24, 2.45) is 5.73 Å². The average Bonchev–Trinajstić information content (AvgIpc) is 2.26. The van der Waals surface area contributed by atoms with Crippen LogP contribution < -0.4 is 5.73 Å². The van der Waals surface area contributed by atoms with Crippen LogP contribution in [0.2, 0.25) is 0 Å². The van der Waals surface area contributed by atoms with Gasteiger partial charge in [-0.25, -0.2) is 14.8 Å². The van der Waals surface area contributed by atoms with Crippen LogP contribution in [0.1, 0.15) is 19.3 Å². The minimum atomic E-state index is -1.19. The number of carbonyl (C=O) groups is 2. The number of carboxylic acid groups (broad SMARTS) is 2. The van der Waals surface area contributed by atoms with Gasteiger partial charge in [0, 0.05) is 13.1 Å². The summed E-state index contributed by atoms with van der Waals surface area (Å²) < 4.78 is 0. The van der Waals surface area contributed by atoms with Crippen molar-refractivity contribution in [2.75, 3.05) is 19.6 Å². The predicted molar refractivity (Wildman–Crippen MR) is 55.8 cm³/mol. The third-order valence-electron chi connectivity index (χ3n) is 2.58. The molecule has 0 spiro atoms. The van der Waals surface area contributed by atoms with E-state index in [1.807, 2.05) is 0 Å². The molecule has 1 fully saturated rings. The zero-order valence-corrected chi connectivity index (χ0v) is 9.00. The van der Waals surface area contributed by atoms with Crippen molar-refractivity contribution in [1.82, 2.24) is 10.0 Å². The van der Waals surface area contributed by atoms with Crippen molar-refractivity contribution in [2.45, 2.75) is 25.3 Å². The van der Waals surface area contributed by atoms with Gasteiger partial charge in [0.1, 0.15) is 6.04 Å². The van der Waals surface area contributed by atoms with Gasteiger partial charge in [0.2, 0.25) is 0 Å². The monoisotopic (exact) mass is 231 g/mol. The summed E-state index contributed by atoms with van der Waals surface area (Å²) in [4.78, 5) is 21.6. The van der Waals surface area contributed by atoms with Crippen LogP contribution >= 0.6 is 0 Å². The number of hydrazine groups is 1. The lowest BCUT2D eigenvalue weighted by Crippen LogP contribution is -2.54. The molecule has 7 nitrogen and oxygen atoms in total. The highest BCUT2D eigenvalue weighted by Gasteiger charge is 2.26. The Labute approximate surface area is 93.4 Å². The molecule has 16 heavy (non-hydrogen) atoms. The van der Waals surface area contributed by atoms with Gasteiger partial charge in [-0.3, -0.25) is 4.79 Å². The molecule has 1 aliphatic heterocycles. The van der Waals surface area contributed by atoms with Crippen molar-refractivity contribution < 1.29 is 19.8 Å². The molecule has 1 atom stereocenters. The fourth-order valence-corrected chi connectivity index (χ4v) is 1.70. The van der Waals surface area contributed by atoms with Gasteiger partial charge in [0.25, 0.3) is 0 Å². The molecule has 0 unspecified atom stereocenters. The highest BCUT2D eigenvalue weighted by Crippen LogP contribution is 2.12. The number of carboxylic acids is 1. The quantitative estimate of drug-likeness (QED) is 0.617. The van der Waals surface area contributed by atoms with E-state index in [4.69, 9.17) is 15.9 Å². The maximum absolute atomic E-state index is 11.0. The Hall–Kier alpha value is -1.34. The lowest BCUT2D eigenvalue weighted by molar-refractivity contribution is -0.140. The van der Waals surface area contributed by atoms with Gasteiger partial charge in [-0.15, -0.1) is 0 Å². The van der Waals surface area contributed by atoms with Gasteiger partial charge in [-0.05, 0) is 12.8 Å². The van der Waals surface area contributed by atoms with E-state index in [1.165, 1.54) is 0 Å². The first-order valence-corrected chi connectivity index (χ1v) is 5.26. The van der Waals surface area contributed by atoms with Crippen molar-refractivity contribution in [3.63, 3.8) is 0 Å². The molecule has 4 N–H and O–H groups in total. The van der Waals surface area contributed by atoms with E-state index >= 15 is 0 Å². The van der Waals surface area contributed by atoms with E-state index in [2.05, 4.69) is 0 Å². The summed E-state index contributed by atoms with van der Waals surface area (Å²) in [5.74, 6) is -1.19. The summed E-state index contributed by atoms with van der Waals surface area (Å²) in [6, 6.07) is -1.18. The second-order valence-corrected chi connectivity index (χ2v) is 3.82. The fourth-order valence-electron chi connectivity index (χ4n) is 1.70. The molecular weight excluding hydrogens is 214 g/mol. The average molecular weight is 231 g/mol. The minimum absolute atomic E-state index is 0.204. The van der Waals surface area contributed by atoms with Gasteiger partial charge < -0.3 is 15.9 Å². The standard InChI is InChI=1S/C9H17N3O4/c10-7(8(13)14)6-12(9(15)16)11-4-2-1-3-5-11/h7H,1-6,10H2,(H,13,14)(H,15,16)/t7-/m0/s1. The normalized spacial score (nSPS) is 19.1. The highest BCUT2D eigenvalue weighted by molar-refractivity contribution is 5.74. The fraction of sp³-hybridized carbons (Fsp3) is 0.778. The Morgan fingerprint density at radius 1 is 1.25 bits per heavy atom. The molecule has 1 heterocycles. The molecule has 1 saturated heterocycles. The van der Waals surface area contributed by atoms with Gasteiger partial charge >= 0.3 is 12.1 Å². The molecule has 0 aliphatic carbocycles. The Morgan fingerprint density at radius 3 is 2.25 bits per heavy atom. The van der Waals surface area contributed by atoms with Gasteiger partial charge in [0.15, 0.2) is 0 Å². The molecule has 0 aromatic heterocycles. The number of nitrogens with two attached hydrogens (primary N) is 1. The molecule has 1 rings (SSSR count). The first kappa shape index (κ1) is 12.7. The number of amides is 1. The van der Waals surface area contributed by atoms with Crippen molar-refractivity contribution >= 4 is 12.1 Å². The second-order valence-electron chi connectivity index (χ2n) is 3.82. The van der Waals surface area contributed by atoms with Crippen molar-refractivity contribution in [3.8, 4) is 0 Å². The Morgan fingerprint density at radius 2 is 1.81 bits per heavy atom. The molecule has 0 saturated carbocycles. The molecule has 1 amide bonds. The van der Waals surface area contributed by atoms with Crippen LogP contribution in [0.25, 0.3) is 0 Å². The van der Waals surface area contributed by atoms with Gasteiger partial charge in [-0.2, -0.15) is 0 Å². The number of nitrogens with zero attached hydrogens (tertiary/aromatic N) is 2. The zero-order valence-electron chi connectivity index (χ0n) is 9.00. The van der Waals surface area contributed by atoms with Crippen LogP contribution in [0.5, 0.6) is 0 Å². The summed E-state index contributed by atoms with van der Waals surface area (Å²) in [6.45, 7) is 1.07. The van der Waals surface area contributed by atoms with Gasteiger partial charge in [0.05, 0.1) is 6.54 Å². The maximum Gasteiger partial charge on any atom is 0.422 e. The largest absolute Gasteiger partial charge is 0.480 e. The maximum atomic E-state index is 11.0. The lowest BCUT2D eigenvalue weighted by atomic mass is 10.1. The van der Waals surface area contributed by atoms with E-state index in [0.29, 0.717) is 13.1 Å². The molecule has 1 aliphatic rings. The predicted octanol–water partition coefficient (Wildman–Crippen LogP) is -0.221. The molecule has 0 aromatic rings. The Bertz CT molecular complexity index is 265. The first-order chi connectivity index (χ1) is 7.52. The van der Waals surface area contributed by atoms with E-state index in [9.17, 15) is 9.59 Å². The number of rotatable bonds is 4. The Kier molecular flexibility index (Phi) is 4.51. The van der Waals surface area contributed by atoms with Crippen LogP contribution in [0.4, 0.5) is 4.79 Å². The summed E-state index contributed by atoms with van der Waals surface area (Å²) in [7, 11) is 0. The zero-order chi connectivity index (χ0) is 12.1. The lowest BCUT2D eigenvalue weighted by Gasteiger charge is -2.36. The van der Waals surface area contributed by atoms with Crippen molar-refractivity contribution in [3.05, 3.63) is 0 Å². The minimum Gasteiger partial charge on any atom is -0.480 e. The molecule has 0 bridgehead atoms. The number of hydrogen-bond acceptors (Lipinski definition) is 4. The smallest absolute Gasteiger partial charge is 0.422 e. The summed E-state index contributed by atoms with van der Waals surface area (Å²) in [5, 5.41) is 20.3. The number of piperidine rings is 1. The van der Waals surface area contributed by atoms with E-state index < -0.39 is 18.1 Å². The van der Waals surface area contributed by atoms with Crippen LogP contribution in [0.3, 0.4) is 0 Å². The summed E-state index contributed by atoms with van der Waals surface area (Å²) >= 11 is 0. The number of hydrogen-bond donors (Lipinski definition) is 3. The van der Waals surface area contributed by atoms with Crippen LogP contribution in [0.15, 0.2) is 0 Å². The van der Waals surface area contributed by atoms with Crippen LogP contribution in [0, 0.1) is 0 Å².